The molecule has 1 aliphatic heterocycles. The third kappa shape index (κ3) is 5.25. The lowest BCUT2D eigenvalue weighted by Gasteiger charge is -2.37. The zero-order valence-electron chi connectivity index (χ0n) is 20.0. The van der Waals surface area contributed by atoms with Gasteiger partial charge in [-0.2, -0.15) is 13.2 Å². The van der Waals surface area contributed by atoms with E-state index in [1.165, 1.54) is 17.0 Å². The number of alkyl halides is 3. The van der Waals surface area contributed by atoms with Crippen molar-refractivity contribution in [3.63, 3.8) is 0 Å². The second kappa shape index (κ2) is 10.0. The largest absolute Gasteiger partial charge is 0.483 e. The van der Waals surface area contributed by atoms with Gasteiger partial charge in [0.15, 0.2) is 11.6 Å². The Kier molecular flexibility index (Phi) is 6.77. The molecule has 192 valence electrons. The molecule has 0 saturated carbocycles. The zero-order chi connectivity index (χ0) is 26.2. The molecule has 5 rings (SSSR count). The van der Waals surface area contributed by atoms with E-state index in [9.17, 15) is 22.0 Å². The summed E-state index contributed by atoms with van der Waals surface area (Å²) in [4.78, 5) is 1.49. The maximum atomic E-state index is 14.7. The minimum absolute atomic E-state index is 0.00967. The summed E-state index contributed by atoms with van der Waals surface area (Å²) in [5.41, 5.74) is 0.283. The number of hydrogen-bond acceptors (Lipinski definition) is 3. The molecule has 0 bridgehead atoms. The molecule has 0 fully saturated rings. The molecule has 0 spiro atoms. The van der Waals surface area contributed by atoms with E-state index in [2.05, 4.69) is 36.5 Å². The molecule has 4 aromatic rings. The minimum Gasteiger partial charge on any atom is -0.483 e. The molecule has 8 heteroatoms. The Balaban J connectivity index is 1.36. The second-order valence-corrected chi connectivity index (χ2v) is 9.17. The van der Waals surface area contributed by atoms with Gasteiger partial charge in [-0.25, -0.2) is 8.78 Å². The van der Waals surface area contributed by atoms with Crippen LogP contribution in [0, 0.1) is 11.6 Å². The average molecular weight is 513 g/mol. The van der Waals surface area contributed by atoms with Crippen molar-refractivity contribution in [2.75, 3.05) is 18.0 Å². The molecule has 3 nitrogen and oxygen atoms in total. The van der Waals surface area contributed by atoms with E-state index >= 15 is 0 Å². The number of anilines is 2. The molecule has 2 unspecified atom stereocenters. The fourth-order valence-corrected chi connectivity index (χ4v) is 4.82. The summed E-state index contributed by atoms with van der Waals surface area (Å²) >= 11 is 0. The lowest BCUT2D eigenvalue weighted by molar-refractivity contribution is -0.137. The Morgan fingerprint density at radius 2 is 1.73 bits per heavy atom. The van der Waals surface area contributed by atoms with Crippen molar-refractivity contribution in [3.8, 4) is 5.75 Å². The van der Waals surface area contributed by atoms with Crippen molar-refractivity contribution in [2.45, 2.75) is 31.7 Å². The first-order valence-electron chi connectivity index (χ1n) is 12.0. The van der Waals surface area contributed by atoms with E-state index in [4.69, 9.17) is 4.74 Å². The lowest BCUT2D eigenvalue weighted by atomic mass is 9.99. The van der Waals surface area contributed by atoms with E-state index in [1.54, 1.807) is 6.07 Å². The van der Waals surface area contributed by atoms with Crippen molar-refractivity contribution in [1.29, 1.82) is 0 Å². The summed E-state index contributed by atoms with van der Waals surface area (Å²) in [5.74, 6) is -1.70. The molecular weight excluding hydrogens is 487 g/mol. The van der Waals surface area contributed by atoms with Gasteiger partial charge in [-0.15, -0.1) is 0 Å². The zero-order valence-corrected chi connectivity index (χ0v) is 20.0. The number of para-hydroxylation sites is 1. The summed E-state index contributed by atoms with van der Waals surface area (Å²) in [6, 6.07) is 20.8. The van der Waals surface area contributed by atoms with Gasteiger partial charge in [-0.1, -0.05) is 48.5 Å². The molecule has 37 heavy (non-hydrogen) atoms. The third-order valence-electron chi connectivity index (χ3n) is 6.64. The fraction of sp³-hybridized carbons (Fsp3) is 0.241. The second-order valence-electron chi connectivity index (χ2n) is 9.17. The van der Waals surface area contributed by atoms with Gasteiger partial charge < -0.3 is 15.0 Å². The molecule has 0 saturated heterocycles. The van der Waals surface area contributed by atoms with E-state index in [1.807, 2.05) is 18.2 Å². The number of hydrogen-bond donors (Lipinski definition) is 1. The molecular formula is C29H25F5N2O. The van der Waals surface area contributed by atoms with Crippen LogP contribution in [0.4, 0.5) is 33.3 Å². The van der Waals surface area contributed by atoms with E-state index in [0.717, 1.165) is 28.5 Å². The number of benzene rings is 4. The van der Waals surface area contributed by atoms with Gasteiger partial charge in [0.05, 0.1) is 17.8 Å². The van der Waals surface area contributed by atoms with Crippen molar-refractivity contribution in [3.05, 3.63) is 102 Å². The molecule has 0 radical (unpaired) electrons. The quantitative estimate of drug-likeness (QED) is 0.267. The average Bonchev–Trinajstić information content (AvgIpc) is 2.87. The normalized spacial score (nSPS) is 16.4. The minimum atomic E-state index is -4.71. The van der Waals surface area contributed by atoms with Gasteiger partial charge in [0.2, 0.25) is 0 Å². The topological polar surface area (TPSA) is 24.5 Å². The van der Waals surface area contributed by atoms with Crippen molar-refractivity contribution >= 4 is 22.1 Å². The van der Waals surface area contributed by atoms with Gasteiger partial charge >= 0.3 is 6.18 Å². The number of halogens is 5. The maximum absolute atomic E-state index is 14.7. The van der Waals surface area contributed by atoms with Gasteiger partial charge in [0, 0.05) is 11.7 Å². The van der Waals surface area contributed by atoms with Crippen LogP contribution in [0.25, 0.3) is 10.8 Å². The van der Waals surface area contributed by atoms with Crippen LogP contribution < -0.4 is 15.0 Å². The summed E-state index contributed by atoms with van der Waals surface area (Å²) in [7, 11) is 0. The Bertz CT molecular complexity index is 1420. The van der Waals surface area contributed by atoms with E-state index < -0.39 is 29.5 Å². The van der Waals surface area contributed by atoms with Crippen molar-refractivity contribution in [2.24, 2.45) is 0 Å². The highest BCUT2D eigenvalue weighted by Gasteiger charge is 2.34. The standard InChI is InChI=1S/C29H25F5N2O/c1-18(24-9-4-7-19-6-2-3-8-25(19)24)35-13-12-23-17-36(27-11-5-10-26(31)28(27)37-23)22-15-20(29(32,33)34)14-21(30)16-22/h2-11,14-16,18,23,35H,12-13,17H2,1H3. The fourth-order valence-electron chi connectivity index (χ4n) is 4.82. The summed E-state index contributed by atoms with van der Waals surface area (Å²) in [6.45, 7) is 2.71. The number of fused-ring (bicyclic) bond motifs is 2. The first kappa shape index (κ1) is 25.0. The number of ether oxygens (including phenoxy) is 1. The monoisotopic (exact) mass is 512 g/mol. The number of nitrogens with zero attached hydrogens (tertiary/aromatic N) is 1. The van der Waals surface area contributed by atoms with Crippen LogP contribution in [0.15, 0.2) is 78.9 Å². The molecule has 1 heterocycles. The highest BCUT2D eigenvalue weighted by molar-refractivity contribution is 5.86. The number of rotatable bonds is 6. The highest BCUT2D eigenvalue weighted by Crippen LogP contribution is 2.42. The van der Waals surface area contributed by atoms with Crippen LogP contribution in [0.5, 0.6) is 5.75 Å². The molecule has 0 aliphatic carbocycles. The van der Waals surface area contributed by atoms with Crippen LogP contribution in [-0.4, -0.2) is 19.2 Å². The Morgan fingerprint density at radius 3 is 2.54 bits per heavy atom. The number of nitrogens with one attached hydrogen (secondary N) is 1. The first-order valence-corrected chi connectivity index (χ1v) is 12.0. The van der Waals surface area contributed by atoms with Crippen LogP contribution >= 0.6 is 0 Å². The van der Waals surface area contributed by atoms with Crippen LogP contribution in [-0.2, 0) is 6.18 Å². The van der Waals surface area contributed by atoms with Crippen LogP contribution in [0.3, 0.4) is 0 Å². The molecule has 1 aliphatic rings. The van der Waals surface area contributed by atoms with Crippen LogP contribution in [0.1, 0.15) is 30.5 Å². The van der Waals surface area contributed by atoms with Crippen molar-refractivity contribution < 1.29 is 26.7 Å². The van der Waals surface area contributed by atoms with Gasteiger partial charge in [-0.05, 0) is 66.6 Å². The van der Waals surface area contributed by atoms with Crippen molar-refractivity contribution in [1.82, 2.24) is 5.32 Å². The van der Waals surface area contributed by atoms with Gasteiger partial charge in [0.25, 0.3) is 0 Å². The first-order chi connectivity index (χ1) is 17.7. The predicted octanol–water partition coefficient (Wildman–Crippen LogP) is 7.78. The Labute approximate surface area is 211 Å². The lowest BCUT2D eigenvalue weighted by Crippen LogP contribution is -2.39. The maximum Gasteiger partial charge on any atom is 0.416 e. The summed E-state index contributed by atoms with van der Waals surface area (Å²) < 4.78 is 74.9. The van der Waals surface area contributed by atoms with Gasteiger partial charge in [0.1, 0.15) is 11.9 Å². The molecule has 2 atom stereocenters. The van der Waals surface area contributed by atoms with E-state index in [0.29, 0.717) is 19.0 Å². The molecule has 4 aromatic carbocycles. The Morgan fingerprint density at radius 1 is 0.973 bits per heavy atom. The van der Waals surface area contributed by atoms with Crippen LogP contribution in [0.2, 0.25) is 0 Å². The molecule has 0 aromatic heterocycles. The predicted molar refractivity (Wildman–Crippen MR) is 134 cm³/mol. The molecule has 1 N–H and O–H groups in total. The molecule has 0 amide bonds. The Hall–Kier alpha value is -3.65. The summed E-state index contributed by atoms with van der Waals surface area (Å²) in [6.07, 6.45) is -4.79. The van der Waals surface area contributed by atoms with Gasteiger partial charge in [-0.3, -0.25) is 0 Å². The highest BCUT2D eigenvalue weighted by atomic mass is 19.4. The third-order valence-corrected chi connectivity index (χ3v) is 6.64. The SMILES string of the molecule is CC(NCCC1CN(c2cc(F)cc(C(F)(F)F)c2)c2cccc(F)c2O1)c1cccc2ccccc12. The smallest absolute Gasteiger partial charge is 0.416 e. The summed E-state index contributed by atoms with van der Waals surface area (Å²) in [5, 5.41) is 5.75. The van der Waals surface area contributed by atoms with E-state index in [-0.39, 0.29) is 29.7 Å².